The molecule has 6 rings (SSSR count). The molecule has 1 N–H and O–H groups in total. The SMILES string of the molecule is CC(C)(C)OC(=O)N1CCCN(c2nc(N[C@H]3CCN(C(=O)Cc4ccccc4-c4ccccc4)C3)nc3ccccc23)CC1. The number of carbonyl (C=O) groups is 2. The Kier molecular flexibility index (Phi) is 8.87. The van der Waals surface area contributed by atoms with Crippen molar-refractivity contribution < 1.29 is 14.3 Å². The minimum Gasteiger partial charge on any atom is -0.444 e. The second kappa shape index (κ2) is 13.1. The Morgan fingerprint density at radius 1 is 0.844 bits per heavy atom. The molecule has 1 atom stereocenters. The van der Waals surface area contributed by atoms with Crippen molar-refractivity contribution in [2.45, 2.75) is 51.7 Å². The van der Waals surface area contributed by atoms with Crippen LogP contribution in [0.5, 0.6) is 0 Å². The quantitative estimate of drug-likeness (QED) is 0.288. The molecule has 0 aliphatic carbocycles. The Balaban J connectivity index is 1.13. The van der Waals surface area contributed by atoms with Crippen LogP contribution < -0.4 is 10.2 Å². The molecule has 2 amide bonds. The third-order valence-electron chi connectivity index (χ3n) is 8.35. The third-order valence-corrected chi connectivity index (χ3v) is 8.35. The molecule has 0 saturated carbocycles. The average Bonchev–Trinajstić information content (AvgIpc) is 3.35. The van der Waals surface area contributed by atoms with Crippen molar-refractivity contribution in [3.8, 4) is 11.1 Å². The topological polar surface area (TPSA) is 90.9 Å². The zero-order chi connectivity index (χ0) is 31.4. The van der Waals surface area contributed by atoms with Gasteiger partial charge in [-0.3, -0.25) is 4.79 Å². The fourth-order valence-corrected chi connectivity index (χ4v) is 6.14. The summed E-state index contributed by atoms with van der Waals surface area (Å²) in [4.78, 5) is 42.0. The number of nitrogens with zero attached hydrogens (tertiary/aromatic N) is 5. The highest BCUT2D eigenvalue weighted by molar-refractivity contribution is 5.90. The van der Waals surface area contributed by atoms with Gasteiger partial charge in [0.15, 0.2) is 0 Å². The number of carbonyl (C=O) groups excluding carboxylic acids is 2. The molecule has 2 saturated heterocycles. The van der Waals surface area contributed by atoms with Gasteiger partial charge < -0.3 is 24.8 Å². The van der Waals surface area contributed by atoms with Gasteiger partial charge in [-0.05, 0) is 62.4 Å². The van der Waals surface area contributed by atoms with Gasteiger partial charge in [0.2, 0.25) is 11.9 Å². The van der Waals surface area contributed by atoms with E-state index in [1.165, 1.54) is 0 Å². The zero-order valence-electron chi connectivity index (χ0n) is 26.4. The van der Waals surface area contributed by atoms with Crippen LogP contribution in [0.2, 0.25) is 0 Å². The third kappa shape index (κ3) is 7.36. The lowest BCUT2D eigenvalue weighted by Gasteiger charge is -2.27. The number of amides is 2. The summed E-state index contributed by atoms with van der Waals surface area (Å²) >= 11 is 0. The lowest BCUT2D eigenvalue weighted by atomic mass is 9.97. The van der Waals surface area contributed by atoms with Crippen LogP contribution in [-0.4, -0.2) is 82.7 Å². The number of likely N-dealkylation sites (tertiary alicyclic amines) is 1. The molecule has 2 aliphatic rings. The largest absolute Gasteiger partial charge is 0.444 e. The van der Waals surface area contributed by atoms with Gasteiger partial charge in [-0.2, -0.15) is 4.98 Å². The van der Waals surface area contributed by atoms with Crippen molar-refractivity contribution in [3.05, 3.63) is 84.4 Å². The van der Waals surface area contributed by atoms with Crippen LogP contribution in [0, 0.1) is 0 Å². The van der Waals surface area contributed by atoms with Crippen LogP contribution in [0.4, 0.5) is 16.6 Å². The van der Waals surface area contributed by atoms with Crippen LogP contribution in [0.1, 0.15) is 39.2 Å². The lowest BCUT2D eigenvalue weighted by Crippen LogP contribution is -2.39. The maximum Gasteiger partial charge on any atom is 0.410 e. The van der Waals surface area contributed by atoms with Crippen LogP contribution in [-0.2, 0) is 16.0 Å². The van der Waals surface area contributed by atoms with E-state index in [4.69, 9.17) is 14.7 Å². The van der Waals surface area contributed by atoms with Crippen LogP contribution >= 0.6 is 0 Å². The number of ether oxygens (including phenoxy) is 1. The Labute approximate surface area is 265 Å². The fourth-order valence-electron chi connectivity index (χ4n) is 6.14. The molecule has 3 heterocycles. The lowest BCUT2D eigenvalue weighted by molar-refractivity contribution is -0.129. The first-order chi connectivity index (χ1) is 21.7. The minimum atomic E-state index is -0.528. The van der Waals surface area contributed by atoms with E-state index >= 15 is 0 Å². The molecular weight excluding hydrogens is 564 g/mol. The smallest absolute Gasteiger partial charge is 0.410 e. The first kappa shape index (κ1) is 30.4. The molecule has 2 fully saturated rings. The second-order valence-electron chi connectivity index (χ2n) is 12.9. The number of hydrogen-bond acceptors (Lipinski definition) is 7. The predicted octanol–water partition coefficient (Wildman–Crippen LogP) is 6.00. The van der Waals surface area contributed by atoms with Crippen LogP contribution in [0.25, 0.3) is 22.0 Å². The van der Waals surface area contributed by atoms with E-state index in [2.05, 4.69) is 28.4 Å². The van der Waals surface area contributed by atoms with Gasteiger partial charge in [-0.1, -0.05) is 66.7 Å². The van der Waals surface area contributed by atoms with E-state index in [1.54, 1.807) is 4.90 Å². The van der Waals surface area contributed by atoms with Crippen molar-refractivity contribution in [3.63, 3.8) is 0 Å². The van der Waals surface area contributed by atoms with Crippen LogP contribution in [0.3, 0.4) is 0 Å². The van der Waals surface area contributed by atoms with E-state index < -0.39 is 5.60 Å². The van der Waals surface area contributed by atoms with E-state index in [9.17, 15) is 9.59 Å². The molecule has 0 radical (unpaired) electrons. The number of hydrogen-bond donors (Lipinski definition) is 1. The van der Waals surface area contributed by atoms with E-state index in [1.807, 2.05) is 86.3 Å². The van der Waals surface area contributed by atoms with Gasteiger partial charge in [0.05, 0.1) is 11.9 Å². The van der Waals surface area contributed by atoms with Crippen molar-refractivity contribution in [1.29, 1.82) is 0 Å². The molecule has 2 aliphatic heterocycles. The number of benzene rings is 3. The Bertz CT molecular complexity index is 1650. The standard InChI is InChI=1S/C36H42N6O3/c1-36(2,3)45-35(44)41-20-11-19-40(22-23-41)33-30-16-9-10-17-31(30)38-34(39-33)37-28-18-21-42(25-28)32(43)24-27-14-7-8-15-29(27)26-12-5-4-6-13-26/h4-10,12-17,28H,11,18-25H2,1-3H3,(H,37,38,39)/t28-/m0/s1. The molecule has 1 aromatic heterocycles. The highest BCUT2D eigenvalue weighted by atomic mass is 16.6. The summed E-state index contributed by atoms with van der Waals surface area (Å²) in [6.07, 6.45) is 1.73. The monoisotopic (exact) mass is 606 g/mol. The Morgan fingerprint density at radius 3 is 2.42 bits per heavy atom. The summed E-state index contributed by atoms with van der Waals surface area (Å²) in [7, 11) is 0. The van der Waals surface area contributed by atoms with Crippen molar-refractivity contribution in [2.75, 3.05) is 49.5 Å². The molecule has 45 heavy (non-hydrogen) atoms. The summed E-state index contributed by atoms with van der Waals surface area (Å²) in [5.41, 5.74) is 3.59. The summed E-state index contributed by atoms with van der Waals surface area (Å²) in [6, 6.07) is 26.5. The molecule has 0 bridgehead atoms. The minimum absolute atomic E-state index is 0.0547. The number of aromatic nitrogens is 2. The number of rotatable bonds is 6. The maximum absolute atomic E-state index is 13.4. The normalized spacial score (nSPS) is 17.3. The summed E-state index contributed by atoms with van der Waals surface area (Å²) < 4.78 is 5.63. The van der Waals surface area contributed by atoms with Crippen molar-refractivity contribution >= 4 is 34.7 Å². The molecule has 234 valence electrons. The van der Waals surface area contributed by atoms with Gasteiger partial charge >= 0.3 is 6.09 Å². The number of anilines is 2. The summed E-state index contributed by atoms with van der Waals surface area (Å²) in [6.45, 7) is 9.59. The molecule has 9 heteroatoms. The molecular formula is C36H42N6O3. The molecule has 9 nitrogen and oxygen atoms in total. The second-order valence-corrected chi connectivity index (χ2v) is 12.9. The van der Waals surface area contributed by atoms with E-state index in [0.29, 0.717) is 45.1 Å². The molecule has 4 aromatic rings. The van der Waals surface area contributed by atoms with Gasteiger partial charge in [0.25, 0.3) is 0 Å². The number of para-hydroxylation sites is 1. The maximum atomic E-state index is 13.4. The van der Waals surface area contributed by atoms with E-state index in [0.717, 1.165) is 52.8 Å². The average molecular weight is 607 g/mol. The van der Waals surface area contributed by atoms with Crippen LogP contribution in [0.15, 0.2) is 78.9 Å². The zero-order valence-corrected chi connectivity index (χ0v) is 26.4. The first-order valence-electron chi connectivity index (χ1n) is 15.9. The fraction of sp³-hybridized carbons (Fsp3) is 0.389. The Morgan fingerprint density at radius 2 is 1.60 bits per heavy atom. The highest BCUT2D eigenvalue weighted by Crippen LogP contribution is 2.28. The first-order valence-corrected chi connectivity index (χ1v) is 15.9. The van der Waals surface area contributed by atoms with Crippen molar-refractivity contribution in [1.82, 2.24) is 19.8 Å². The van der Waals surface area contributed by atoms with Crippen molar-refractivity contribution in [2.24, 2.45) is 0 Å². The molecule has 3 aromatic carbocycles. The van der Waals surface area contributed by atoms with E-state index in [-0.39, 0.29) is 18.0 Å². The molecule has 0 unspecified atom stereocenters. The summed E-state index contributed by atoms with van der Waals surface area (Å²) in [5, 5.41) is 4.52. The van der Waals surface area contributed by atoms with Gasteiger partial charge in [-0.25, -0.2) is 9.78 Å². The Hall–Kier alpha value is -4.66. The summed E-state index contributed by atoms with van der Waals surface area (Å²) in [5.74, 6) is 1.55. The van der Waals surface area contributed by atoms with Gasteiger partial charge in [0.1, 0.15) is 11.4 Å². The molecule has 0 spiro atoms. The number of nitrogens with one attached hydrogen (secondary N) is 1. The van der Waals surface area contributed by atoms with Gasteiger partial charge in [-0.15, -0.1) is 0 Å². The predicted molar refractivity (Wildman–Crippen MR) is 178 cm³/mol. The number of fused-ring (bicyclic) bond motifs is 1. The van der Waals surface area contributed by atoms with Gasteiger partial charge in [0, 0.05) is 50.7 Å². The highest BCUT2D eigenvalue weighted by Gasteiger charge is 2.29.